The minimum Gasteiger partial charge on any atom is -0.465 e. The molecule has 0 saturated heterocycles. The van der Waals surface area contributed by atoms with Gasteiger partial charge in [-0.1, -0.05) is 12.1 Å². The Morgan fingerprint density at radius 3 is 2.27 bits per heavy atom. The molecule has 0 atom stereocenters. The number of esters is 1. The molecule has 7 nitrogen and oxygen atoms in total. The highest BCUT2D eigenvalue weighted by Gasteiger charge is 2.22. The molecule has 0 unspecified atom stereocenters. The zero-order chi connectivity index (χ0) is 19.3. The van der Waals surface area contributed by atoms with Crippen molar-refractivity contribution in [1.82, 2.24) is 0 Å². The summed E-state index contributed by atoms with van der Waals surface area (Å²) in [6.45, 7) is -0.389. The fourth-order valence-electron chi connectivity index (χ4n) is 2.17. The van der Waals surface area contributed by atoms with Gasteiger partial charge >= 0.3 is 5.97 Å². The van der Waals surface area contributed by atoms with Gasteiger partial charge in [0.2, 0.25) is 15.9 Å². The monoisotopic (exact) mass is 440 g/mol. The van der Waals surface area contributed by atoms with Crippen molar-refractivity contribution in [1.29, 1.82) is 0 Å². The van der Waals surface area contributed by atoms with Crippen LogP contribution < -0.4 is 9.62 Å². The fourth-order valence-corrected chi connectivity index (χ4v) is 3.66. The van der Waals surface area contributed by atoms with Gasteiger partial charge in [0.15, 0.2) is 0 Å². The fraction of sp³-hybridized carbons (Fsp3) is 0.176. The third kappa shape index (κ3) is 5.06. The molecule has 9 heteroatoms. The van der Waals surface area contributed by atoms with E-state index in [0.717, 1.165) is 10.6 Å². The molecule has 0 bridgehead atoms. The van der Waals surface area contributed by atoms with Crippen LogP contribution in [0, 0.1) is 0 Å². The Hall–Kier alpha value is -2.39. The topological polar surface area (TPSA) is 92.8 Å². The molecule has 2 aromatic carbocycles. The molecular weight excluding hydrogens is 424 g/mol. The lowest BCUT2D eigenvalue weighted by molar-refractivity contribution is -0.114. The quantitative estimate of drug-likeness (QED) is 0.696. The number of methoxy groups -OCH3 is 1. The first-order valence-corrected chi connectivity index (χ1v) is 10.1. The Bertz CT molecular complexity index is 913. The van der Waals surface area contributed by atoms with Gasteiger partial charge in [0.25, 0.3) is 0 Å². The Balaban J connectivity index is 2.16. The van der Waals surface area contributed by atoms with Gasteiger partial charge in [-0.2, -0.15) is 0 Å². The molecule has 2 rings (SSSR count). The third-order valence-electron chi connectivity index (χ3n) is 3.40. The van der Waals surface area contributed by atoms with Gasteiger partial charge in [-0.3, -0.25) is 9.10 Å². The number of rotatable bonds is 6. The summed E-state index contributed by atoms with van der Waals surface area (Å²) in [5.41, 5.74) is 1.14. The van der Waals surface area contributed by atoms with Gasteiger partial charge in [-0.25, -0.2) is 13.2 Å². The average molecular weight is 441 g/mol. The number of hydrogen-bond donors (Lipinski definition) is 1. The number of anilines is 2. The van der Waals surface area contributed by atoms with Crippen molar-refractivity contribution in [2.24, 2.45) is 0 Å². The van der Waals surface area contributed by atoms with E-state index in [0.29, 0.717) is 21.4 Å². The maximum atomic E-state index is 12.3. The van der Waals surface area contributed by atoms with Crippen LogP contribution in [0.1, 0.15) is 10.4 Å². The number of amides is 1. The van der Waals surface area contributed by atoms with E-state index >= 15 is 0 Å². The summed E-state index contributed by atoms with van der Waals surface area (Å²) < 4.78 is 30.4. The van der Waals surface area contributed by atoms with E-state index in [1.807, 2.05) is 0 Å². The highest BCUT2D eigenvalue weighted by atomic mass is 79.9. The third-order valence-corrected chi connectivity index (χ3v) is 5.20. The van der Waals surface area contributed by atoms with Gasteiger partial charge in [0, 0.05) is 10.2 Å². The Kier molecular flexibility index (Phi) is 6.38. The minimum absolute atomic E-state index is 0.344. The van der Waals surface area contributed by atoms with Crippen LogP contribution in [-0.4, -0.2) is 40.2 Å². The number of hydrogen-bond acceptors (Lipinski definition) is 5. The van der Waals surface area contributed by atoms with Gasteiger partial charge in [0.1, 0.15) is 6.54 Å². The summed E-state index contributed by atoms with van der Waals surface area (Å²) in [4.78, 5) is 23.7. The first kappa shape index (κ1) is 19.9. The largest absolute Gasteiger partial charge is 0.465 e. The number of halogens is 1. The van der Waals surface area contributed by atoms with Crippen molar-refractivity contribution >= 4 is 49.2 Å². The Morgan fingerprint density at radius 1 is 1.12 bits per heavy atom. The van der Waals surface area contributed by atoms with Crippen LogP contribution in [0.25, 0.3) is 0 Å². The normalized spacial score (nSPS) is 10.9. The molecule has 0 saturated carbocycles. The van der Waals surface area contributed by atoms with Crippen LogP contribution in [0.2, 0.25) is 0 Å². The number of ether oxygens (including phenoxy) is 1. The zero-order valence-electron chi connectivity index (χ0n) is 14.1. The van der Waals surface area contributed by atoms with Crippen LogP contribution in [0.15, 0.2) is 53.0 Å². The number of nitrogens with one attached hydrogen (secondary N) is 1. The summed E-state index contributed by atoms with van der Waals surface area (Å²) in [6, 6.07) is 12.8. The molecular formula is C17H17BrN2O5S. The van der Waals surface area contributed by atoms with Crippen LogP contribution >= 0.6 is 15.9 Å². The molecule has 1 amide bonds. The highest BCUT2D eigenvalue weighted by molar-refractivity contribution is 9.10. The number of benzene rings is 2. The van der Waals surface area contributed by atoms with Gasteiger partial charge < -0.3 is 10.1 Å². The summed E-state index contributed by atoms with van der Waals surface area (Å²) >= 11 is 3.29. The SMILES string of the molecule is COC(=O)c1ccc(NC(=O)CN(c2ccccc2Br)S(C)(=O)=O)cc1. The maximum Gasteiger partial charge on any atom is 0.337 e. The second-order valence-electron chi connectivity index (χ2n) is 5.34. The van der Waals surface area contributed by atoms with Crippen molar-refractivity contribution in [3.05, 3.63) is 58.6 Å². The predicted octanol–water partition coefficient (Wildman–Crippen LogP) is 2.64. The van der Waals surface area contributed by atoms with Gasteiger partial charge in [0.05, 0.1) is 24.6 Å². The molecule has 0 aliphatic heterocycles. The number of para-hydroxylation sites is 1. The first-order chi connectivity index (χ1) is 12.2. The van der Waals surface area contributed by atoms with Crippen LogP contribution in [-0.2, 0) is 19.6 Å². The maximum absolute atomic E-state index is 12.3. The predicted molar refractivity (Wildman–Crippen MR) is 103 cm³/mol. The van der Waals surface area contributed by atoms with Crippen molar-refractivity contribution in [2.75, 3.05) is 29.5 Å². The molecule has 0 aromatic heterocycles. The van der Waals surface area contributed by atoms with Crippen LogP contribution in [0.5, 0.6) is 0 Å². The molecule has 0 aliphatic rings. The van der Waals surface area contributed by atoms with E-state index in [9.17, 15) is 18.0 Å². The molecule has 0 radical (unpaired) electrons. The zero-order valence-corrected chi connectivity index (χ0v) is 16.5. The molecule has 1 N–H and O–H groups in total. The van der Waals surface area contributed by atoms with Crippen LogP contribution in [0.3, 0.4) is 0 Å². The smallest absolute Gasteiger partial charge is 0.337 e. The van der Waals surface area contributed by atoms with E-state index in [2.05, 4.69) is 26.0 Å². The average Bonchev–Trinajstić information content (AvgIpc) is 2.59. The number of carbonyl (C=O) groups is 2. The van der Waals surface area contributed by atoms with Crippen LogP contribution in [0.4, 0.5) is 11.4 Å². The number of sulfonamides is 1. The summed E-state index contributed by atoms with van der Waals surface area (Å²) in [5.74, 6) is -1.00. The Labute approximate surface area is 160 Å². The second kappa shape index (κ2) is 8.33. The summed E-state index contributed by atoms with van der Waals surface area (Å²) in [5, 5.41) is 2.61. The number of carbonyl (C=O) groups excluding carboxylic acids is 2. The molecule has 0 fully saturated rings. The van der Waals surface area contributed by atoms with E-state index in [4.69, 9.17) is 0 Å². The van der Waals surface area contributed by atoms with E-state index < -0.39 is 21.9 Å². The first-order valence-electron chi connectivity index (χ1n) is 7.43. The molecule has 26 heavy (non-hydrogen) atoms. The molecule has 2 aromatic rings. The van der Waals surface area contributed by atoms with E-state index in [-0.39, 0.29) is 6.54 Å². The van der Waals surface area contributed by atoms with E-state index in [1.165, 1.54) is 31.4 Å². The lowest BCUT2D eigenvalue weighted by atomic mass is 10.2. The van der Waals surface area contributed by atoms with Gasteiger partial charge in [-0.05, 0) is 52.3 Å². The molecule has 0 aliphatic carbocycles. The Morgan fingerprint density at radius 2 is 1.73 bits per heavy atom. The molecule has 0 spiro atoms. The number of nitrogens with zero attached hydrogens (tertiary/aromatic N) is 1. The van der Waals surface area contributed by atoms with Crippen molar-refractivity contribution < 1.29 is 22.7 Å². The second-order valence-corrected chi connectivity index (χ2v) is 8.10. The highest BCUT2D eigenvalue weighted by Crippen LogP contribution is 2.27. The molecule has 138 valence electrons. The van der Waals surface area contributed by atoms with Crippen molar-refractivity contribution in [2.45, 2.75) is 0 Å². The summed E-state index contributed by atoms with van der Waals surface area (Å²) in [7, 11) is -2.39. The van der Waals surface area contributed by atoms with Crippen molar-refractivity contribution in [3.63, 3.8) is 0 Å². The lowest BCUT2D eigenvalue weighted by Gasteiger charge is -2.23. The van der Waals surface area contributed by atoms with E-state index in [1.54, 1.807) is 24.3 Å². The minimum atomic E-state index is -3.67. The van der Waals surface area contributed by atoms with Gasteiger partial charge in [-0.15, -0.1) is 0 Å². The lowest BCUT2D eigenvalue weighted by Crippen LogP contribution is -2.37. The summed E-state index contributed by atoms with van der Waals surface area (Å²) in [6.07, 6.45) is 1.03. The molecule has 0 heterocycles. The van der Waals surface area contributed by atoms with Crippen molar-refractivity contribution in [3.8, 4) is 0 Å². The standard InChI is InChI=1S/C17H17BrN2O5S/c1-25-17(22)12-7-9-13(10-8-12)19-16(21)11-20(26(2,23)24)15-6-4-3-5-14(15)18/h3-10H,11H2,1-2H3,(H,19,21).